The molecular formula is C11H13F2NO. The average molecular weight is 213 g/mol. The molecule has 1 aromatic carbocycles. The summed E-state index contributed by atoms with van der Waals surface area (Å²) in [6.07, 6.45) is 1.12. The highest BCUT2D eigenvalue weighted by Crippen LogP contribution is 2.11. The van der Waals surface area contributed by atoms with Crippen LogP contribution in [0.25, 0.3) is 0 Å². The molecule has 82 valence electrons. The first-order valence-corrected chi connectivity index (χ1v) is 5.01. The Morgan fingerprint density at radius 3 is 2.60 bits per heavy atom. The summed E-state index contributed by atoms with van der Waals surface area (Å²) in [4.78, 5) is 0. The predicted molar refractivity (Wildman–Crippen MR) is 52.4 cm³/mol. The van der Waals surface area contributed by atoms with E-state index in [4.69, 9.17) is 4.74 Å². The molecule has 2 rings (SSSR count). The van der Waals surface area contributed by atoms with Crippen molar-refractivity contribution in [2.45, 2.75) is 19.1 Å². The van der Waals surface area contributed by atoms with Crippen LogP contribution in [0.3, 0.4) is 0 Å². The molecule has 0 spiro atoms. The third kappa shape index (κ3) is 2.97. The number of rotatable bonds is 3. The summed E-state index contributed by atoms with van der Waals surface area (Å²) < 4.78 is 31.1. The van der Waals surface area contributed by atoms with Gasteiger partial charge in [-0.3, -0.25) is 0 Å². The zero-order chi connectivity index (χ0) is 10.7. The van der Waals surface area contributed by atoms with E-state index in [2.05, 4.69) is 5.32 Å². The zero-order valence-corrected chi connectivity index (χ0v) is 8.30. The Morgan fingerprint density at radius 2 is 2.00 bits per heavy atom. The van der Waals surface area contributed by atoms with Crippen LogP contribution in [0.15, 0.2) is 18.2 Å². The van der Waals surface area contributed by atoms with Gasteiger partial charge in [-0.2, -0.15) is 0 Å². The van der Waals surface area contributed by atoms with Crippen LogP contribution in [0.2, 0.25) is 0 Å². The quantitative estimate of drug-likeness (QED) is 0.827. The van der Waals surface area contributed by atoms with Gasteiger partial charge >= 0.3 is 0 Å². The minimum Gasteiger partial charge on any atom is -0.372 e. The van der Waals surface area contributed by atoms with Crippen LogP contribution in [0.1, 0.15) is 12.0 Å². The van der Waals surface area contributed by atoms with Crippen LogP contribution >= 0.6 is 0 Å². The van der Waals surface area contributed by atoms with E-state index in [0.717, 1.165) is 25.6 Å². The van der Waals surface area contributed by atoms with Crippen LogP contribution in [0.5, 0.6) is 0 Å². The van der Waals surface area contributed by atoms with E-state index in [-0.39, 0.29) is 12.7 Å². The zero-order valence-electron chi connectivity index (χ0n) is 8.30. The normalized spacial score (nSPS) is 20.8. The molecule has 1 aliphatic rings. The average Bonchev–Trinajstić information content (AvgIpc) is 2.65. The summed E-state index contributed by atoms with van der Waals surface area (Å²) in [6, 6.07) is 3.46. The minimum atomic E-state index is -0.557. The summed E-state index contributed by atoms with van der Waals surface area (Å²) in [5, 5.41) is 3.16. The molecule has 1 saturated heterocycles. The summed E-state index contributed by atoms with van der Waals surface area (Å²) >= 11 is 0. The molecule has 0 bridgehead atoms. The lowest BCUT2D eigenvalue weighted by Gasteiger charge is -2.10. The van der Waals surface area contributed by atoms with Crippen LogP contribution in [0.4, 0.5) is 8.78 Å². The lowest BCUT2D eigenvalue weighted by atomic mass is 10.2. The first-order valence-electron chi connectivity index (χ1n) is 5.01. The van der Waals surface area contributed by atoms with Crippen molar-refractivity contribution in [3.8, 4) is 0 Å². The van der Waals surface area contributed by atoms with Crippen molar-refractivity contribution in [1.82, 2.24) is 5.32 Å². The second kappa shape index (κ2) is 4.68. The molecule has 0 unspecified atom stereocenters. The topological polar surface area (TPSA) is 21.3 Å². The lowest BCUT2D eigenvalue weighted by molar-refractivity contribution is 0.0539. The fraction of sp³-hybridized carbons (Fsp3) is 0.455. The van der Waals surface area contributed by atoms with E-state index in [1.807, 2.05) is 0 Å². The minimum absolute atomic E-state index is 0.163. The molecule has 0 radical (unpaired) electrons. The Hall–Kier alpha value is -1.00. The van der Waals surface area contributed by atoms with Gasteiger partial charge in [0.25, 0.3) is 0 Å². The van der Waals surface area contributed by atoms with Crippen molar-refractivity contribution in [2.24, 2.45) is 0 Å². The molecular weight excluding hydrogens is 200 g/mol. The Kier molecular flexibility index (Phi) is 3.28. The fourth-order valence-corrected chi connectivity index (χ4v) is 1.68. The Bertz CT molecular complexity index is 317. The van der Waals surface area contributed by atoms with E-state index >= 15 is 0 Å². The maximum atomic E-state index is 12.8. The SMILES string of the molecule is Fc1cc(F)cc(CO[C@H]2CCNC2)c1. The van der Waals surface area contributed by atoms with E-state index in [1.54, 1.807) is 0 Å². The molecule has 1 aromatic rings. The maximum absolute atomic E-state index is 12.8. The molecule has 0 saturated carbocycles. The van der Waals surface area contributed by atoms with Crippen molar-refractivity contribution < 1.29 is 13.5 Å². The highest BCUT2D eigenvalue weighted by atomic mass is 19.1. The largest absolute Gasteiger partial charge is 0.372 e. The van der Waals surface area contributed by atoms with Gasteiger partial charge in [0, 0.05) is 12.6 Å². The Balaban J connectivity index is 1.92. The first-order chi connectivity index (χ1) is 7.24. The number of nitrogens with one attached hydrogen (secondary N) is 1. The van der Waals surface area contributed by atoms with E-state index < -0.39 is 11.6 Å². The van der Waals surface area contributed by atoms with Gasteiger partial charge in [0.2, 0.25) is 0 Å². The number of benzene rings is 1. The highest BCUT2D eigenvalue weighted by molar-refractivity contribution is 5.17. The molecule has 0 amide bonds. The molecule has 1 aliphatic heterocycles. The van der Waals surface area contributed by atoms with Crippen LogP contribution in [0, 0.1) is 11.6 Å². The first kappa shape index (κ1) is 10.5. The standard InChI is InChI=1S/C11H13F2NO/c12-9-3-8(4-10(13)5-9)7-15-11-1-2-14-6-11/h3-5,11,14H,1-2,6-7H2/t11-/m0/s1. The van der Waals surface area contributed by atoms with Crippen molar-refractivity contribution >= 4 is 0 Å². The van der Waals surface area contributed by atoms with Crippen LogP contribution < -0.4 is 5.32 Å². The highest BCUT2D eigenvalue weighted by Gasteiger charge is 2.14. The van der Waals surface area contributed by atoms with Gasteiger partial charge in [0.1, 0.15) is 11.6 Å². The molecule has 1 heterocycles. The summed E-state index contributed by atoms with van der Waals surface area (Å²) in [7, 11) is 0. The Labute approximate surface area is 87.2 Å². The van der Waals surface area contributed by atoms with Gasteiger partial charge in [-0.25, -0.2) is 8.78 Å². The van der Waals surface area contributed by atoms with Gasteiger partial charge in [0.05, 0.1) is 12.7 Å². The molecule has 2 nitrogen and oxygen atoms in total. The summed E-state index contributed by atoms with van der Waals surface area (Å²) in [5.41, 5.74) is 0.541. The molecule has 1 N–H and O–H groups in total. The monoisotopic (exact) mass is 213 g/mol. The number of ether oxygens (including phenoxy) is 1. The number of halogens is 2. The van der Waals surface area contributed by atoms with Gasteiger partial charge < -0.3 is 10.1 Å². The van der Waals surface area contributed by atoms with E-state index in [1.165, 1.54) is 12.1 Å². The van der Waals surface area contributed by atoms with E-state index in [9.17, 15) is 8.78 Å². The molecule has 4 heteroatoms. The Morgan fingerprint density at radius 1 is 1.27 bits per heavy atom. The van der Waals surface area contributed by atoms with Crippen molar-refractivity contribution in [2.75, 3.05) is 13.1 Å². The van der Waals surface area contributed by atoms with E-state index in [0.29, 0.717) is 5.56 Å². The van der Waals surface area contributed by atoms with Crippen LogP contribution in [-0.2, 0) is 11.3 Å². The maximum Gasteiger partial charge on any atom is 0.126 e. The summed E-state index contributed by atoms with van der Waals surface area (Å²) in [5.74, 6) is -1.11. The molecule has 0 aliphatic carbocycles. The molecule has 0 aromatic heterocycles. The van der Waals surface area contributed by atoms with Gasteiger partial charge in [-0.05, 0) is 30.7 Å². The smallest absolute Gasteiger partial charge is 0.126 e. The van der Waals surface area contributed by atoms with Gasteiger partial charge in [-0.15, -0.1) is 0 Å². The molecule has 1 fully saturated rings. The van der Waals surface area contributed by atoms with Crippen molar-refractivity contribution in [3.05, 3.63) is 35.4 Å². The fourth-order valence-electron chi connectivity index (χ4n) is 1.68. The summed E-state index contributed by atoms with van der Waals surface area (Å²) in [6.45, 7) is 2.03. The molecule has 15 heavy (non-hydrogen) atoms. The second-order valence-electron chi connectivity index (χ2n) is 3.70. The second-order valence-corrected chi connectivity index (χ2v) is 3.70. The van der Waals surface area contributed by atoms with Crippen LogP contribution in [-0.4, -0.2) is 19.2 Å². The van der Waals surface area contributed by atoms with Crippen molar-refractivity contribution in [1.29, 1.82) is 0 Å². The van der Waals surface area contributed by atoms with Crippen molar-refractivity contribution in [3.63, 3.8) is 0 Å². The predicted octanol–water partition coefficient (Wildman–Crippen LogP) is 1.84. The van der Waals surface area contributed by atoms with Gasteiger partial charge in [0.15, 0.2) is 0 Å². The molecule has 1 atom stereocenters. The van der Waals surface area contributed by atoms with Gasteiger partial charge in [-0.1, -0.05) is 0 Å². The third-order valence-corrected chi connectivity index (χ3v) is 2.42. The number of hydrogen-bond acceptors (Lipinski definition) is 2. The lowest BCUT2D eigenvalue weighted by Crippen LogP contribution is -2.16. The number of hydrogen-bond donors (Lipinski definition) is 1. The third-order valence-electron chi connectivity index (χ3n) is 2.42.